The zero-order chi connectivity index (χ0) is 25.0. The highest BCUT2D eigenvalue weighted by Gasteiger charge is 2.34. The van der Waals surface area contributed by atoms with Crippen LogP contribution in [0.3, 0.4) is 0 Å². The maximum atomic E-state index is 13.4. The van der Waals surface area contributed by atoms with Crippen molar-refractivity contribution >= 4 is 23.3 Å². The number of likely N-dealkylation sites (N-methyl/N-ethyl adjacent to an activating group) is 1. The lowest BCUT2D eigenvalue weighted by Crippen LogP contribution is -2.50. The van der Waals surface area contributed by atoms with E-state index in [-0.39, 0.29) is 42.9 Å². The number of halogens is 1. The van der Waals surface area contributed by atoms with Gasteiger partial charge in [0.1, 0.15) is 17.7 Å². The lowest BCUT2D eigenvalue weighted by molar-refractivity contribution is 0.0371. The number of ether oxygens (including phenoxy) is 1. The molecular formula is C25H33FN4O4. The molecule has 1 aliphatic rings. The minimum absolute atomic E-state index is 0.124. The summed E-state index contributed by atoms with van der Waals surface area (Å²) in [6.45, 7) is 4.23. The van der Waals surface area contributed by atoms with Crippen molar-refractivity contribution in [2.75, 3.05) is 51.1 Å². The quantitative estimate of drug-likeness (QED) is 0.674. The monoisotopic (exact) mass is 472 g/mol. The van der Waals surface area contributed by atoms with Crippen LogP contribution in [-0.4, -0.2) is 79.8 Å². The summed E-state index contributed by atoms with van der Waals surface area (Å²) >= 11 is 0. The van der Waals surface area contributed by atoms with Gasteiger partial charge in [-0.1, -0.05) is 6.92 Å². The van der Waals surface area contributed by atoms with Crippen molar-refractivity contribution in [2.45, 2.75) is 26.0 Å². The van der Waals surface area contributed by atoms with Crippen LogP contribution in [0.5, 0.6) is 5.75 Å². The molecular weight excluding hydrogens is 439 g/mol. The summed E-state index contributed by atoms with van der Waals surface area (Å²) in [4.78, 5) is 31.2. The SMILES string of the molecule is C[C@@H]1CN([C@H](C)CO)C(=O)c2cc(N(C)C)ccc2O[C@@H]1CN(C)C(=O)Nc1ccc(F)cc1. The molecule has 2 aromatic rings. The van der Waals surface area contributed by atoms with E-state index in [2.05, 4.69) is 5.32 Å². The number of nitrogens with one attached hydrogen (secondary N) is 1. The van der Waals surface area contributed by atoms with E-state index in [1.54, 1.807) is 31.0 Å². The summed E-state index contributed by atoms with van der Waals surface area (Å²) in [5, 5.41) is 12.5. The first-order valence-electron chi connectivity index (χ1n) is 11.3. The third kappa shape index (κ3) is 5.77. The number of carbonyl (C=O) groups is 2. The zero-order valence-electron chi connectivity index (χ0n) is 20.3. The van der Waals surface area contributed by atoms with Gasteiger partial charge in [0.2, 0.25) is 0 Å². The van der Waals surface area contributed by atoms with Gasteiger partial charge in [-0.15, -0.1) is 0 Å². The van der Waals surface area contributed by atoms with Crippen LogP contribution in [-0.2, 0) is 0 Å². The van der Waals surface area contributed by atoms with Crippen LogP contribution in [0, 0.1) is 11.7 Å². The largest absolute Gasteiger partial charge is 0.487 e. The number of rotatable bonds is 6. The Bertz CT molecular complexity index is 1010. The summed E-state index contributed by atoms with van der Waals surface area (Å²) in [5.74, 6) is -0.265. The average Bonchev–Trinajstić information content (AvgIpc) is 2.81. The van der Waals surface area contributed by atoms with E-state index >= 15 is 0 Å². The Balaban J connectivity index is 1.85. The maximum Gasteiger partial charge on any atom is 0.321 e. The van der Waals surface area contributed by atoms with Gasteiger partial charge in [0.15, 0.2) is 0 Å². The van der Waals surface area contributed by atoms with E-state index in [4.69, 9.17) is 4.74 Å². The Morgan fingerprint density at radius 3 is 2.53 bits per heavy atom. The van der Waals surface area contributed by atoms with Crippen molar-refractivity contribution in [1.29, 1.82) is 0 Å². The highest BCUT2D eigenvalue weighted by atomic mass is 19.1. The van der Waals surface area contributed by atoms with Crippen molar-refractivity contribution in [2.24, 2.45) is 5.92 Å². The number of fused-ring (bicyclic) bond motifs is 1. The van der Waals surface area contributed by atoms with Crippen molar-refractivity contribution < 1.29 is 23.8 Å². The summed E-state index contributed by atoms with van der Waals surface area (Å²) in [5.41, 5.74) is 1.76. The smallest absolute Gasteiger partial charge is 0.321 e. The number of urea groups is 1. The van der Waals surface area contributed by atoms with Crippen molar-refractivity contribution in [3.8, 4) is 5.75 Å². The lowest BCUT2D eigenvalue weighted by atomic mass is 9.99. The summed E-state index contributed by atoms with van der Waals surface area (Å²) in [7, 11) is 5.44. The Morgan fingerprint density at radius 1 is 1.24 bits per heavy atom. The van der Waals surface area contributed by atoms with Crippen LogP contribution in [0.4, 0.5) is 20.6 Å². The van der Waals surface area contributed by atoms with Crippen LogP contribution in [0.25, 0.3) is 0 Å². The predicted molar refractivity (Wildman–Crippen MR) is 130 cm³/mol. The fourth-order valence-corrected chi connectivity index (χ4v) is 3.81. The molecule has 0 aliphatic carbocycles. The second-order valence-electron chi connectivity index (χ2n) is 9.02. The molecule has 2 N–H and O–H groups in total. The highest BCUT2D eigenvalue weighted by molar-refractivity contribution is 5.98. The molecule has 8 nitrogen and oxygen atoms in total. The second kappa shape index (κ2) is 10.7. The third-order valence-electron chi connectivity index (χ3n) is 6.06. The number of aliphatic hydroxyl groups excluding tert-OH is 1. The molecule has 9 heteroatoms. The van der Waals surface area contributed by atoms with Crippen molar-refractivity contribution in [1.82, 2.24) is 9.80 Å². The normalized spacial score (nSPS) is 18.8. The first kappa shape index (κ1) is 25.3. The topological polar surface area (TPSA) is 85.4 Å². The Morgan fingerprint density at radius 2 is 1.91 bits per heavy atom. The number of nitrogens with zero attached hydrogens (tertiary/aromatic N) is 3. The molecule has 0 aromatic heterocycles. The summed E-state index contributed by atoms with van der Waals surface area (Å²) in [6, 6.07) is 10.3. The standard InChI is InChI=1S/C25H33FN4O4/c1-16-13-30(17(2)15-31)24(32)21-12-20(28(3)4)10-11-22(21)34-23(16)14-29(5)25(33)27-19-8-6-18(26)7-9-19/h6-12,16-17,23,31H,13-15H2,1-5H3,(H,27,33)/t16-,17-,23-/m1/s1. The van der Waals surface area contributed by atoms with Gasteiger partial charge < -0.3 is 29.9 Å². The van der Waals surface area contributed by atoms with Gasteiger partial charge in [-0.2, -0.15) is 0 Å². The van der Waals surface area contributed by atoms with Crippen LogP contribution >= 0.6 is 0 Å². The molecule has 0 bridgehead atoms. The minimum Gasteiger partial charge on any atom is -0.487 e. The Labute approximate surface area is 199 Å². The number of anilines is 2. The van der Waals surface area contributed by atoms with Crippen molar-refractivity contribution in [3.63, 3.8) is 0 Å². The molecule has 0 saturated heterocycles. The minimum atomic E-state index is -0.408. The van der Waals surface area contributed by atoms with Gasteiger partial charge in [0.25, 0.3) is 5.91 Å². The van der Waals surface area contributed by atoms with Gasteiger partial charge in [-0.3, -0.25) is 4.79 Å². The first-order chi connectivity index (χ1) is 16.1. The van der Waals surface area contributed by atoms with Gasteiger partial charge in [-0.25, -0.2) is 9.18 Å². The molecule has 2 aromatic carbocycles. The molecule has 0 fully saturated rings. The molecule has 0 unspecified atom stereocenters. The van der Waals surface area contributed by atoms with Crippen molar-refractivity contribution in [3.05, 3.63) is 53.8 Å². The zero-order valence-corrected chi connectivity index (χ0v) is 20.3. The number of amides is 3. The molecule has 3 atom stereocenters. The van der Waals surface area contributed by atoms with Crippen LogP contribution in [0.1, 0.15) is 24.2 Å². The van der Waals surface area contributed by atoms with Gasteiger partial charge >= 0.3 is 6.03 Å². The summed E-state index contributed by atoms with van der Waals surface area (Å²) in [6.07, 6.45) is -0.408. The molecule has 34 heavy (non-hydrogen) atoms. The number of aliphatic hydroxyl groups is 1. The number of hydrogen-bond acceptors (Lipinski definition) is 5. The van der Waals surface area contributed by atoms with Gasteiger partial charge in [0, 0.05) is 45.0 Å². The van der Waals surface area contributed by atoms with E-state index in [1.807, 2.05) is 32.0 Å². The second-order valence-corrected chi connectivity index (χ2v) is 9.02. The molecule has 3 rings (SSSR count). The van der Waals surface area contributed by atoms with Gasteiger partial charge in [0.05, 0.1) is 24.8 Å². The van der Waals surface area contributed by atoms with E-state index in [9.17, 15) is 19.1 Å². The third-order valence-corrected chi connectivity index (χ3v) is 6.06. The maximum absolute atomic E-state index is 13.4. The first-order valence-corrected chi connectivity index (χ1v) is 11.3. The predicted octanol–water partition coefficient (Wildman–Crippen LogP) is 3.28. The van der Waals surface area contributed by atoms with Crippen LogP contribution in [0.2, 0.25) is 0 Å². The van der Waals surface area contributed by atoms with E-state index < -0.39 is 6.10 Å². The number of hydrogen-bond donors (Lipinski definition) is 2. The molecule has 0 radical (unpaired) electrons. The summed E-state index contributed by atoms with van der Waals surface area (Å²) < 4.78 is 19.5. The fraction of sp³-hybridized carbons (Fsp3) is 0.440. The van der Waals surface area contributed by atoms with Gasteiger partial charge in [-0.05, 0) is 49.4 Å². The number of carbonyl (C=O) groups excluding carboxylic acids is 2. The molecule has 3 amide bonds. The van der Waals surface area contributed by atoms with Crippen LogP contribution in [0.15, 0.2) is 42.5 Å². The molecule has 184 valence electrons. The Hall–Kier alpha value is -3.33. The molecule has 1 heterocycles. The van der Waals surface area contributed by atoms with E-state index in [0.29, 0.717) is 23.5 Å². The van der Waals surface area contributed by atoms with E-state index in [1.165, 1.54) is 29.2 Å². The van der Waals surface area contributed by atoms with Crippen LogP contribution < -0.4 is 15.0 Å². The molecule has 0 spiro atoms. The Kier molecular flexibility index (Phi) is 7.98. The fourth-order valence-electron chi connectivity index (χ4n) is 3.81. The lowest BCUT2D eigenvalue weighted by Gasteiger charge is -2.38. The highest BCUT2D eigenvalue weighted by Crippen LogP contribution is 2.31. The number of benzene rings is 2. The molecule has 0 saturated carbocycles. The van der Waals surface area contributed by atoms with E-state index in [0.717, 1.165) is 5.69 Å². The average molecular weight is 473 g/mol. The molecule has 1 aliphatic heterocycles.